The Kier molecular flexibility index (Phi) is 22.8. The van der Waals surface area contributed by atoms with Crippen molar-refractivity contribution >= 4 is 75.2 Å². The van der Waals surface area contributed by atoms with Gasteiger partial charge in [-0.05, 0) is 88.1 Å². The molecular weight excluding hydrogens is 1010 g/mol. The molecule has 0 aliphatic rings. The topological polar surface area (TPSA) is 352 Å². The number of ether oxygens (including phenoxy) is 1. The highest BCUT2D eigenvalue weighted by molar-refractivity contribution is 5.98. The number of hydrogen-bond donors (Lipinski definition) is 12. The van der Waals surface area contributed by atoms with E-state index in [-0.39, 0.29) is 56.9 Å². The van der Waals surface area contributed by atoms with Crippen LogP contribution in [-0.2, 0) is 57.6 Å². The summed E-state index contributed by atoms with van der Waals surface area (Å²) in [6, 6.07) is 15.2. The average molecular weight is 1090 g/mol. The number of para-hydroxylation sites is 2. The minimum Gasteiger partial charge on any atom is -0.444 e. The highest BCUT2D eigenvalue weighted by Crippen LogP contribution is 2.22. The van der Waals surface area contributed by atoms with Crippen LogP contribution in [0.1, 0.15) is 104 Å². The molecule has 2 aromatic heterocycles. The van der Waals surface area contributed by atoms with E-state index in [1.165, 1.54) is 6.92 Å². The van der Waals surface area contributed by atoms with Gasteiger partial charge in [0.1, 0.15) is 47.9 Å². The van der Waals surface area contributed by atoms with Gasteiger partial charge in [-0.1, -0.05) is 100 Å². The minimum absolute atomic E-state index is 0.0444. The molecule has 79 heavy (non-hydrogen) atoms. The summed E-state index contributed by atoms with van der Waals surface area (Å²) in [6.45, 7) is 12.3. The summed E-state index contributed by atoms with van der Waals surface area (Å²) in [4.78, 5) is 122. The fourth-order valence-electron chi connectivity index (χ4n) is 8.90. The maximum atomic E-state index is 15.0. The molecule has 22 nitrogen and oxygen atoms in total. The molecule has 0 bridgehead atoms. The van der Waals surface area contributed by atoms with Crippen LogP contribution in [0.3, 0.4) is 0 Å². The lowest BCUT2D eigenvalue weighted by molar-refractivity contribution is -0.135. The fourth-order valence-corrected chi connectivity index (χ4v) is 8.90. The summed E-state index contributed by atoms with van der Waals surface area (Å²) in [5.41, 5.74) is 19.3. The predicted molar refractivity (Wildman–Crippen MR) is 303 cm³/mol. The Hall–Kier alpha value is -8.43. The molecule has 5 rings (SSSR count). The summed E-state index contributed by atoms with van der Waals surface area (Å²) in [7, 11) is 0. The largest absolute Gasteiger partial charge is 0.444 e. The van der Waals surface area contributed by atoms with Crippen LogP contribution in [-0.4, -0.2) is 118 Å². The van der Waals surface area contributed by atoms with Crippen molar-refractivity contribution in [1.82, 2.24) is 47.2 Å². The van der Waals surface area contributed by atoms with E-state index >= 15 is 0 Å². The fraction of sp³-hybridized carbons (Fsp3) is 0.456. The smallest absolute Gasteiger partial charge is 0.408 e. The van der Waals surface area contributed by atoms with Crippen LogP contribution < -0.4 is 54.4 Å². The monoisotopic (exact) mass is 1090 g/mol. The Labute approximate surface area is 460 Å². The van der Waals surface area contributed by atoms with E-state index < -0.39 is 95.3 Å². The molecule has 2 heterocycles. The van der Waals surface area contributed by atoms with E-state index in [0.717, 1.165) is 28.2 Å². The zero-order valence-electron chi connectivity index (χ0n) is 46.2. The molecule has 3 aromatic carbocycles. The Morgan fingerprint density at radius 3 is 1.51 bits per heavy atom. The number of amides is 8. The Morgan fingerprint density at radius 2 is 1.00 bits per heavy atom. The van der Waals surface area contributed by atoms with Crippen LogP contribution >= 0.6 is 0 Å². The average Bonchev–Trinajstić information content (AvgIpc) is 4.07. The SMILES string of the molecule is CCCC[C@H](NC(=O)[C@H](CC(C)C)NC(=O)[C@H](Cc1c[nH]c2ccccc12)NC(=O)[C@H](Cc1ccccc1)NC(=O)[C@@H](Cc1c[nH]c2ccccc12)NC(=O)[C@H](C)NC(=O)[C@H](CCCN=C(N)N)NC(=O)OC(C)(C)C)C(N)=O. The number of H-pyrrole nitrogens is 2. The van der Waals surface area contributed by atoms with Crippen molar-refractivity contribution in [2.24, 2.45) is 28.1 Å². The number of aliphatic imine (C=N–C) groups is 1. The lowest BCUT2D eigenvalue weighted by atomic mass is 9.99. The molecule has 0 aliphatic carbocycles. The Morgan fingerprint density at radius 1 is 0.544 bits per heavy atom. The van der Waals surface area contributed by atoms with Crippen molar-refractivity contribution in [2.45, 2.75) is 154 Å². The van der Waals surface area contributed by atoms with E-state index in [9.17, 15) is 38.4 Å². The summed E-state index contributed by atoms with van der Waals surface area (Å²) < 4.78 is 5.39. The van der Waals surface area contributed by atoms with E-state index in [2.05, 4.69) is 52.2 Å². The quantitative estimate of drug-likeness (QED) is 0.0187. The molecular formula is C57H79N13O9. The second-order valence-electron chi connectivity index (χ2n) is 21.2. The molecule has 7 atom stereocenters. The van der Waals surface area contributed by atoms with Gasteiger partial charge in [-0.2, -0.15) is 0 Å². The number of fused-ring (bicyclic) bond motifs is 2. The number of guanidine groups is 1. The minimum atomic E-state index is -1.35. The number of benzene rings is 3. The highest BCUT2D eigenvalue weighted by Gasteiger charge is 2.35. The van der Waals surface area contributed by atoms with Gasteiger partial charge >= 0.3 is 6.09 Å². The summed E-state index contributed by atoms with van der Waals surface area (Å²) in [5.74, 6) is -5.26. The number of unbranched alkanes of at least 4 members (excludes halogenated alkanes) is 1. The zero-order valence-corrected chi connectivity index (χ0v) is 46.2. The van der Waals surface area contributed by atoms with Gasteiger partial charge in [0, 0.05) is 60.0 Å². The van der Waals surface area contributed by atoms with Crippen LogP contribution in [0.2, 0.25) is 0 Å². The van der Waals surface area contributed by atoms with Crippen molar-refractivity contribution in [1.29, 1.82) is 0 Å². The lowest BCUT2D eigenvalue weighted by Crippen LogP contribution is -2.60. The first kappa shape index (κ1) is 61.4. The third-order valence-electron chi connectivity index (χ3n) is 12.9. The van der Waals surface area contributed by atoms with Gasteiger partial charge < -0.3 is 69.1 Å². The molecule has 8 amide bonds. The van der Waals surface area contributed by atoms with E-state index in [1.807, 2.05) is 69.3 Å². The number of carbonyl (C=O) groups excluding carboxylic acids is 8. The number of nitrogens with two attached hydrogens (primary N) is 3. The van der Waals surface area contributed by atoms with E-state index in [0.29, 0.717) is 29.5 Å². The highest BCUT2D eigenvalue weighted by atomic mass is 16.6. The summed E-state index contributed by atoms with van der Waals surface area (Å²) in [6.07, 6.45) is 4.65. The van der Waals surface area contributed by atoms with Gasteiger partial charge in [-0.15, -0.1) is 0 Å². The summed E-state index contributed by atoms with van der Waals surface area (Å²) in [5, 5.41) is 20.9. The van der Waals surface area contributed by atoms with Gasteiger partial charge in [0.05, 0.1) is 0 Å². The Bertz CT molecular complexity index is 2910. The van der Waals surface area contributed by atoms with E-state index in [1.54, 1.807) is 63.5 Å². The van der Waals surface area contributed by atoms with Crippen molar-refractivity contribution in [2.75, 3.05) is 6.54 Å². The number of primary amides is 1. The van der Waals surface area contributed by atoms with Crippen LogP contribution in [0.5, 0.6) is 0 Å². The van der Waals surface area contributed by atoms with Gasteiger partial charge in [-0.25, -0.2) is 4.79 Å². The van der Waals surface area contributed by atoms with E-state index in [4.69, 9.17) is 21.9 Å². The van der Waals surface area contributed by atoms with Crippen LogP contribution in [0.25, 0.3) is 21.8 Å². The molecule has 0 radical (unpaired) electrons. The molecule has 5 aromatic rings. The molecule has 0 spiro atoms. The number of rotatable bonds is 29. The number of carbonyl (C=O) groups is 8. The third kappa shape index (κ3) is 19.5. The Balaban J connectivity index is 1.46. The first-order valence-electron chi connectivity index (χ1n) is 26.8. The molecule has 0 saturated carbocycles. The lowest BCUT2D eigenvalue weighted by Gasteiger charge is -2.28. The molecule has 22 heteroatoms. The number of aromatic amines is 2. The second-order valence-corrected chi connectivity index (χ2v) is 21.2. The molecule has 15 N–H and O–H groups in total. The van der Waals surface area contributed by atoms with Gasteiger partial charge in [-0.3, -0.25) is 38.6 Å². The van der Waals surface area contributed by atoms with Gasteiger partial charge in [0.2, 0.25) is 41.4 Å². The molecule has 426 valence electrons. The number of nitrogens with zero attached hydrogens (tertiary/aromatic N) is 1. The van der Waals surface area contributed by atoms with Crippen molar-refractivity contribution in [3.8, 4) is 0 Å². The predicted octanol–water partition coefficient (Wildman–Crippen LogP) is 3.27. The molecule has 0 fully saturated rings. The zero-order chi connectivity index (χ0) is 57.8. The van der Waals surface area contributed by atoms with Crippen LogP contribution in [0.15, 0.2) is 96.2 Å². The van der Waals surface area contributed by atoms with Gasteiger partial charge in [0.25, 0.3) is 0 Å². The van der Waals surface area contributed by atoms with Crippen molar-refractivity contribution in [3.05, 3.63) is 108 Å². The van der Waals surface area contributed by atoms with Gasteiger partial charge in [0.15, 0.2) is 5.96 Å². The number of hydrogen-bond acceptors (Lipinski definition) is 10. The number of nitrogens with one attached hydrogen (secondary N) is 9. The molecule has 0 aliphatic heterocycles. The number of alkyl carbamates (subject to hydrolysis) is 1. The first-order chi connectivity index (χ1) is 37.5. The summed E-state index contributed by atoms with van der Waals surface area (Å²) >= 11 is 0. The second kappa shape index (κ2) is 29.4. The van der Waals surface area contributed by atoms with Crippen molar-refractivity contribution < 1.29 is 43.1 Å². The maximum absolute atomic E-state index is 15.0. The normalized spacial score (nSPS) is 14.1. The first-order valence-corrected chi connectivity index (χ1v) is 26.8. The molecule has 0 unspecified atom stereocenters. The molecule has 0 saturated heterocycles. The standard InChI is InChI=1S/C57H79N13O9/c1-8-9-22-42(48(58)71)65-51(74)44(27-33(2)3)67-54(77)47(30-37-32-63-41-24-16-14-21-39(37)41)69-52(75)45(28-35-18-11-10-12-19-35)68-53(76)46(29-36-31-62-40-23-15-13-20-38(36)40)66-49(72)34(4)64-50(73)43(25-17-26-61-55(59)60)70-56(78)79-57(5,6)7/h10-16,18-21,23-24,31-34,42-47,62-63H,8-9,17,22,25-30H2,1-7H3,(H2,58,71)(H,64,73)(H,65,74)(H,66,72)(H,67,77)(H,68,76)(H,69,75)(H,70,78)(H4,59,60,61)/t34-,42-,43-,44-,45-,46+,47-/m0/s1. The number of aromatic nitrogens is 2. The van der Waals surface area contributed by atoms with Crippen LogP contribution in [0.4, 0.5) is 4.79 Å². The maximum Gasteiger partial charge on any atom is 0.408 e. The van der Waals surface area contributed by atoms with Crippen LogP contribution in [0, 0.1) is 5.92 Å². The van der Waals surface area contributed by atoms with Crippen molar-refractivity contribution in [3.63, 3.8) is 0 Å². The third-order valence-corrected chi connectivity index (χ3v) is 12.9.